The van der Waals surface area contributed by atoms with Gasteiger partial charge in [-0.25, -0.2) is 4.39 Å². The molecular formula is C15H21FN2O2. The Morgan fingerprint density at radius 3 is 2.85 bits per heavy atom. The van der Waals surface area contributed by atoms with Crippen molar-refractivity contribution >= 4 is 5.91 Å². The van der Waals surface area contributed by atoms with E-state index in [0.29, 0.717) is 12.1 Å². The minimum atomic E-state index is -0.521. The Bertz CT molecular complexity index is 493. The molecule has 2 atom stereocenters. The lowest BCUT2D eigenvalue weighted by molar-refractivity contribution is 0.0493. The minimum absolute atomic E-state index is 0.0383. The van der Waals surface area contributed by atoms with Gasteiger partial charge in [-0.1, -0.05) is 0 Å². The fraction of sp³-hybridized carbons (Fsp3) is 0.533. The monoisotopic (exact) mass is 280 g/mol. The average molecular weight is 280 g/mol. The lowest BCUT2D eigenvalue weighted by Crippen LogP contribution is -2.51. The summed E-state index contributed by atoms with van der Waals surface area (Å²) < 4.78 is 18.6. The maximum absolute atomic E-state index is 13.7. The van der Waals surface area contributed by atoms with Gasteiger partial charge in [0.15, 0.2) is 11.6 Å². The molecule has 0 aromatic heterocycles. The third-order valence-corrected chi connectivity index (χ3v) is 3.93. The fourth-order valence-corrected chi connectivity index (χ4v) is 2.83. The lowest BCUT2D eigenvalue weighted by Gasteiger charge is -2.40. The number of ether oxygens (including phenoxy) is 1. The highest BCUT2D eigenvalue weighted by molar-refractivity contribution is 5.95. The van der Waals surface area contributed by atoms with Crippen LogP contribution in [0.4, 0.5) is 4.39 Å². The van der Waals surface area contributed by atoms with Gasteiger partial charge in [0.05, 0.1) is 7.11 Å². The first kappa shape index (κ1) is 14.8. The van der Waals surface area contributed by atoms with E-state index < -0.39 is 5.82 Å². The molecule has 20 heavy (non-hydrogen) atoms. The maximum atomic E-state index is 13.7. The van der Waals surface area contributed by atoms with Crippen LogP contribution in [0.1, 0.15) is 36.5 Å². The summed E-state index contributed by atoms with van der Waals surface area (Å²) in [5.74, 6) is -0.537. The Hall–Kier alpha value is -1.62. The van der Waals surface area contributed by atoms with Crippen LogP contribution in [0.5, 0.6) is 5.75 Å². The molecule has 1 fully saturated rings. The number of piperidine rings is 1. The third kappa shape index (κ3) is 2.77. The van der Waals surface area contributed by atoms with Crippen molar-refractivity contribution in [2.75, 3.05) is 13.7 Å². The van der Waals surface area contributed by atoms with E-state index in [1.165, 1.54) is 19.2 Å². The first-order valence-electron chi connectivity index (χ1n) is 6.94. The Labute approximate surface area is 118 Å². The Kier molecular flexibility index (Phi) is 4.60. The van der Waals surface area contributed by atoms with E-state index in [9.17, 15) is 9.18 Å². The van der Waals surface area contributed by atoms with Crippen molar-refractivity contribution < 1.29 is 13.9 Å². The van der Waals surface area contributed by atoms with Crippen molar-refractivity contribution in [1.29, 1.82) is 0 Å². The van der Waals surface area contributed by atoms with E-state index in [2.05, 4.69) is 0 Å². The standard InChI is InChI=1S/C15H21FN2O2/c1-10-4-3-5-12(9-17)18(10)15(19)11-6-7-14(20-2)13(16)8-11/h6-8,10,12H,3-5,9,17H2,1-2H3. The molecule has 110 valence electrons. The van der Waals surface area contributed by atoms with Crippen LogP contribution in [0.15, 0.2) is 18.2 Å². The topological polar surface area (TPSA) is 55.6 Å². The number of hydrogen-bond donors (Lipinski definition) is 1. The summed E-state index contributed by atoms with van der Waals surface area (Å²) in [6, 6.07) is 4.48. The third-order valence-electron chi connectivity index (χ3n) is 3.93. The summed E-state index contributed by atoms with van der Waals surface area (Å²) in [6.07, 6.45) is 2.94. The average Bonchev–Trinajstić information content (AvgIpc) is 2.46. The van der Waals surface area contributed by atoms with E-state index in [4.69, 9.17) is 10.5 Å². The number of nitrogens with zero attached hydrogens (tertiary/aromatic N) is 1. The zero-order valence-corrected chi connectivity index (χ0v) is 11.9. The number of methoxy groups -OCH3 is 1. The highest BCUT2D eigenvalue weighted by Crippen LogP contribution is 2.26. The number of nitrogens with two attached hydrogens (primary N) is 1. The van der Waals surface area contributed by atoms with Gasteiger partial charge in [0.2, 0.25) is 0 Å². The predicted octanol–water partition coefficient (Wildman–Crippen LogP) is 2.18. The Morgan fingerprint density at radius 2 is 2.25 bits per heavy atom. The van der Waals surface area contributed by atoms with Crippen molar-refractivity contribution in [1.82, 2.24) is 4.90 Å². The molecule has 0 bridgehead atoms. The molecule has 2 rings (SSSR count). The van der Waals surface area contributed by atoms with Gasteiger partial charge >= 0.3 is 0 Å². The van der Waals surface area contributed by atoms with E-state index in [1.54, 1.807) is 11.0 Å². The van der Waals surface area contributed by atoms with Gasteiger partial charge in [0.25, 0.3) is 5.91 Å². The summed E-state index contributed by atoms with van der Waals surface area (Å²) >= 11 is 0. The number of halogens is 1. The van der Waals surface area contributed by atoms with Crippen LogP contribution >= 0.6 is 0 Å². The maximum Gasteiger partial charge on any atom is 0.254 e. The number of carbonyl (C=O) groups is 1. The number of likely N-dealkylation sites (tertiary alicyclic amines) is 1. The van der Waals surface area contributed by atoms with Crippen molar-refractivity contribution in [3.8, 4) is 5.75 Å². The molecule has 2 N–H and O–H groups in total. The van der Waals surface area contributed by atoms with Crippen LogP contribution in [-0.4, -0.2) is 36.5 Å². The molecule has 1 saturated heterocycles. The lowest BCUT2D eigenvalue weighted by atomic mass is 9.95. The van der Waals surface area contributed by atoms with Gasteiger partial charge < -0.3 is 15.4 Å². The highest BCUT2D eigenvalue weighted by atomic mass is 19.1. The number of carbonyl (C=O) groups excluding carboxylic acids is 1. The smallest absolute Gasteiger partial charge is 0.254 e. The predicted molar refractivity (Wildman–Crippen MR) is 75.3 cm³/mol. The van der Waals surface area contributed by atoms with Crippen molar-refractivity contribution in [2.45, 2.75) is 38.3 Å². The van der Waals surface area contributed by atoms with Crippen LogP contribution in [0.25, 0.3) is 0 Å². The van der Waals surface area contributed by atoms with Crippen LogP contribution < -0.4 is 10.5 Å². The van der Waals surface area contributed by atoms with E-state index in [0.717, 1.165) is 19.3 Å². The number of hydrogen-bond acceptors (Lipinski definition) is 3. The number of benzene rings is 1. The van der Waals surface area contributed by atoms with Crippen molar-refractivity contribution in [3.05, 3.63) is 29.6 Å². The fourth-order valence-electron chi connectivity index (χ4n) is 2.83. The zero-order chi connectivity index (χ0) is 14.7. The Balaban J connectivity index is 2.26. The van der Waals surface area contributed by atoms with Gasteiger partial charge in [-0.2, -0.15) is 0 Å². The second kappa shape index (κ2) is 6.22. The number of rotatable bonds is 3. The summed E-state index contributed by atoms with van der Waals surface area (Å²) in [7, 11) is 1.40. The van der Waals surface area contributed by atoms with Gasteiger partial charge in [-0.05, 0) is 44.4 Å². The van der Waals surface area contributed by atoms with Gasteiger partial charge in [0, 0.05) is 24.2 Å². The summed E-state index contributed by atoms with van der Waals surface area (Å²) in [5, 5.41) is 0. The second-order valence-electron chi connectivity index (χ2n) is 5.23. The van der Waals surface area contributed by atoms with Gasteiger partial charge in [-0.15, -0.1) is 0 Å². The summed E-state index contributed by atoms with van der Waals surface area (Å²) in [5.41, 5.74) is 6.10. The van der Waals surface area contributed by atoms with Crippen molar-refractivity contribution in [2.24, 2.45) is 5.73 Å². The molecule has 1 amide bonds. The quantitative estimate of drug-likeness (QED) is 0.923. The van der Waals surface area contributed by atoms with Gasteiger partial charge in [0.1, 0.15) is 0 Å². The zero-order valence-electron chi connectivity index (χ0n) is 11.9. The molecule has 5 heteroatoms. The largest absolute Gasteiger partial charge is 0.494 e. The molecule has 0 spiro atoms. The molecule has 0 radical (unpaired) electrons. The molecule has 1 aromatic rings. The van der Waals surface area contributed by atoms with E-state index >= 15 is 0 Å². The Morgan fingerprint density at radius 1 is 1.50 bits per heavy atom. The van der Waals surface area contributed by atoms with Crippen molar-refractivity contribution in [3.63, 3.8) is 0 Å². The van der Waals surface area contributed by atoms with Crippen LogP contribution in [-0.2, 0) is 0 Å². The van der Waals surface area contributed by atoms with Crippen LogP contribution in [0, 0.1) is 5.82 Å². The van der Waals surface area contributed by atoms with Crippen LogP contribution in [0.2, 0.25) is 0 Å². The second-order valence-corrected chi connectivity index (χ2v) is 5.23. The molecule has 0 saturated carbocycles. The molecule has 1 aliphatic rings. The summed E-state index contributed by atoms with van der Waals surface area (Å²) in [4.78, 5) is 14.4. The van der Waals surface area contributed by atoms with E-state index in [-0.39, 0.29) is 23.7 Å². The van der Waals surface area contributed by atoms with E-state index in [1.807, 2.05) is 6.92 Å². The normalized spacial score (nSPS) is 22.7. The first-order chi connectivity index (χ1) is 9.58. The molecule has 4 nitrogen and oxygen atoms in total. The molecule has 2 unspecified atom stereocenters. The highest BCUT2D eigenvalue weighted by Gasteiger charge is 2.31. The molecular weight excluding hydrogens is 259 g/mol. The minimum Gasteiger partial charge on any atom is -0.494 e. The number of amides is 1. The molecule has 0 aliphatic carbocycles. The molecule has 1 aliphatic heterocycles. The van der Waals surface area contributed by atoms with Gasteiger partial charge in [-0.3, -0.25) is 4.79 Å². The van der Waals surface area contributed by atoms with Crippen LogP contribution in [0.3, 0.4) is 0 Å². The summed E-state index contributed by atoms with van der Waals surface area (Å²) in [6.45, 7) is 2.45. The molecule has 1 heterocycles. The first-order valence-corrected chi connectivity index (χ1v) is 6.94. The SMILES string of the molecule is COc1ccc(C(=O)N2C(C)CCCC2CN)cc1F. The molecule has 1 aromatic carbocycles.